The molecule has 1 unspecified atom stereocenters. The van der Waals surface area contributed by atoms with Crippen LogP contribution in [0.2, 0.25) is 5.15 Å². The molecule has 0 fully saturated rings. The first kappa shape index (κ1) is 20.1. The fourth-order valence-electron chi connectivity index (χ4n) is 3.94. The van der Waals surface area contributed by atoms with Crippen LogP contribution in [-0.2, 0) is 11.4 Å². The summed E-state index contributed by atoms with van der Waals surface area (Å²) in [5.41, 5.74) is 3.47. The zero-order valence-electron chi connectivity index (χ0n) is 17.2. The summed E-state index contributed by atoms with van der Waals surface area (Å²) in [6, 6.07) is 16.8. The third-order valence-corrected chi connectivity index (χ3v) is 5.54. The van der Waals surface area contributed by atoms with Crippen molar-refractivity contribution in [2.45, 2.75) is 25.9 Å². The molecule has 4 aromatic rings. The molecule has 1 aliphatic rings. The Labute approximate surface area is 189 Å². The minimum absolute atomic E-state index is 0.106. The lowest BCUT2D eigenvalue weighted by Crippen LogP contribution is -2.25. The number of aryl methyl sites for hydroxylation is 1. The van der Waals surface area contributed by atoms with Crippen LogP contribution in [0.1, 0.15) is 34.9 Å². The summed E-state index contributed by atoms with van der Waals surface area (Å²) in [6.07, 6.45) is 2.02. The molecule has 1 amide bonds. The first-order valence-electron chi connectivity index (χ1n) is 10.1. The van der Waals surface area contributed by atoms with E-state index in [4.69, 9.17) is 16.3 Å². The number of amides is 1. The molecule has 0 saturated carbocycles. The quantitative estimate of drug-likeness (QED) is 0.496. The van der Waals surface area contributed by atoms with E-state index in [1.807, 2.05) is 49.4 Å². The molecule has 4 heterocycles. The van der Waals surface area contributed by atoms with E-state index in [-0.39, 0.29) is 23.4 Å². The molecule has 0 aliphatic carbocycles. The molecule has 3 aromatic heterocycles. The van der Waals surface area contributed by atoms with Gasteiger partial charge in [0.15, 0.2) is 11.0 Å². The van der Waals surface area contributed by atoms with Crippen molar-refractivity contribution in [1.29, 1.82) is 0 Å². The standard InChI is InChI=1S/C23H19ClN6O2/c1-14-22-17(16-7-2-3-8-18(16)32-13-15-6-4-5-11-25-15)12-21(31)26-23(22)30(29-14)20-10-9-19(24)27-28-20/h2-11,17H,12-13H2,1H3,(H,26,31). The summed E-state index contributed by atoms with van der Waals surface area (Å²) in [5, 5.41) is 15.9. The molecule has 0 bridgehead atoms. The molecular weight excluding hydrogens is 428 g/mol. The van der Waals surface area contributed by atoms with Crippen LogP contribution in [0.15, 0.2) is 60.8 Å². The number of anilines is 1. The zero-order valence-corrected chi connectivity index (χ0v) is 18.0. The lowest BCUT2D eigenvalue weighted by Gasteiger charge is -2.25. The van der Waals surface area contributed by atoms with Crippen molar-refractivity contribution in [3.8, 4) is 11.6 Å². The highest BCUT2D eigenvalue weighted by atomic mass is 35.5. The Kier molecular flexibility index (Phi) is 5.28. The van der Waals surface area contributed by atoms with Gasteiger partial charge in [-0.15, -0.1) is 10.2 Å². The first-order valence-corrected chi connectivity index (χ1v) is 10.5. The number of carbonyl (C=O) groups excluding carboxylic acids is 1. The van der Waals surface area contributed by atoms with Crippen LogP contribution in [0.3, 0.4) is 0 Å². The van der Waals surface area contributed by atoms with E-state index in [0.29, 0.717) is 24.0 Å². The highest BCUT2D eigenvalue weighted by molar-refractivity contribution is 6.29. The van der Waals surface area contributed by atoms with Gasteiger partial charge in [0.05, 0.1) is 11.4 Å². The minimum Gasteiger partial charge on any atom is -0.487 e. The number of pyridine rings is 1. The maximum atomic E-state index is 12.7. The van der Waals surface area contributed by atoms with Crippen molar-refractivity contribution >= 4 is 23.3 Å². The van der Waals surface area contributed by atoms with Gasteiger partial charge in [0, 0.05) is 29.7 Å². The molecule has 1 N–H and O–H groups in total. The summed E-state index contributed by atoms with van der Waals surface area (Å²) in [6.45, 7) is 2.25. The van der Waals surface area contributed by atoms with E-state index in [0.717, 1.165) is 22.5 Å². The van der Waals surface area contributed by atoms with E-state index in [1.165, 1.54) is 0 Å². The van der Waals surface area contributed by atoms with Gasteiger partial charge in [0.2, 0.25) is 5.91 Å². The van der Waals surface area contributed by atoms with Crippen LogP contribution in [0.5, 0.6) is 5.75 Å². The number of hydrogen-bond acceptors (Lipinski definition) is 6. The number of benzene rings is 1. The number of ether oxygens (including phenoxy) is 1. The summed E-state index contributed by atoms with van der Waals surface area (Å²) < 4.78 is 7.71. The fourth-order valence-corrected chi connectivity index (χ4v) is 4.04. The van der Waals surface area contributed by atoms with Crippen LogP contribution in [0.25, 0.3) is 5.82 Å². The SMILES string of the molecule is Cc1nn(-c2ccc(Cl)nn2)c2c1C(c1ccccc1OCc1ccccn1)CC(=O)N2. The molecule has 32 heavy (non-hydrogen) atoms. The van der Waals surface area contributed by atoms with Gasteiger partial charge in [-0.3, -0.25) is 9.78 Å². The Morgan fingerprint density at radius 1 is 1.12 bits per heavy atom. The van der Waals surface area contributed by atoms with Gasteiger partial charge in [-0.2, -0.15) is 9.78 Å². The average molecular weight is 447 g/mol. The topological polar surface area (TPSA) is 94.8 Å². The number of nitrogens with one attached hydrogen (secondary N) is 1. The van der Waals surface area contributed by atoms with E-state index in [2.05, 4.69) is 25.6 Å². The minimum atomic E-state index is -0.215. The molecule has 5 rings (SSSR count). The Morgan fingerprint density at radius 3 is 2.75 bits per heavy atom. The van der Waals surface area contributed by atoms with Crippen LogP contribution < -0.4 is 10.1 Å². The summed E-state index contributed by atoms with van der Waals surface area (Å²) in [5.74, 6) is 1.44. The molecule has 1 atom stereocenters. The molecule has 1 aromatic carbocycles. The second-order valence-corrected chi connectivity index (χ2v) is 7.81. The number of fused-ring (bicyclic) bond motifs is 1. The largest absolute Gasteiger partial charge is 0.487 e. The molecule has 0 radical (unpaired) electrons. The lowest BCUT2D eigenvalue weighted by molar-refractivity contribution is -0.116. The van der Waals surface area contributed by atoms with Gasteiger partial charge in [-0.05, 0) is 37.3 Å². The van der Waals surface area contributed by atoms with Gasteiger partial charge in [-0.1, -0.05) is 35.9 Å². The number of nitrogens with zero attached hydrogens (tertiary/aromatic N) is 5. The monoisotopic (exact) mass is 446 g/mol. The predicted molar refractivity (Wildman–Crippen MR) is 119 cm³/mol. The van der Waals surface area contributed by atoms with Crippen molar-refractivity contribution in [1.82, 2.24) is 25.0 Å². The number of halogens is 1. The Bertz CT molecular complexity index is 1270. The lowest BCUT2D eigenvalue weighted by atomic mass is 9.85. The van der Waals surface area contributed by atoms with Crippen LogP contribution >= 0.6 is 11.6 Å². The van der Waals surface area contributed by atoms with E-state index in [1.54, 1.807) is 23.0 Å². The van der Waals surface area contributed by atoms with Crippen molar-refractivity contribution in [3.63, 3.8) is 0 Å². The van der Waals surface area contributed by atoms with Gasteiger partial charge in [0.25, 0.3) is 0 Å². The Hall–Kier alpha value is -3.78. The van der Waals surface area contributed by atoms with E-state index >= 15 is 0 Å². The second kappa shape index (κ2) is 8.39. The van der Waals surface area contributed by atoms with Crippen molar-refractivity contribution in [2.75, 3.05) is 5.32 Å². The normalized spacial score (nSPS) is 15.2. The highest BCUT2D eigenvalue weighted by Crippen LogP contribution is 2.43. The van der Waals surface area contributed by atoms with Gasteiger partial charge < -0.3 is 10.1 Å². The Morgan fingerprint density at radius 2 is 1.97 bits per heavy atom. The van der Waals surface area contributed by atoms with E-state index < -0.39 is 0 Å². The molecule has 9 heteroatoms. The maximum Gasteiger partial charge on any atom is 0.226 e. The smallest absolute Gasteiger partial charge is 0.226 e. The van der Waals surface area contributed by atoms with Gasteiger partial charge in [-0.25, -0.2) is 0 Å². The zero-order chi connectivity index (χ0) is 22.1. The molecule has 0 saturated heterocycles. The third kappa shape index (κ3) is 3.80. The highest BCUT2D eigenvalue weighted by Gasteiger charge is 2.34. The fraction of sp³-hybridized carbons (Fsp3) is 0.174. The number of aromatic nitrogens is 5. The molecule has 160 valence electrons. The molecule has 0 spiro atoms. The Balaban J connectivity index is 1.54. The summed E-state index contributed by atoms with van der Waals surface area (Å²) in [7, 11) is 0. The number of para-hydroxylation sites is 1. The summed E-state index contributed by atoms with van der Waals surface area (Å²) in [4.78, 5) is 17.0. The molecule has 1 aliphatic heterocycles. The van der Waals surface area contributed by atoms with Crippen LogP contribution in [0.4, 0.5) is 5.82 Å². The van der Waals surface area contributed by atoms with Gasteiger partial charge in [0.1, 0.15) is 18.2 Å². The number of rotatable bonds is 5. The maximum absolute atomic E-state index is 12.7. The van der Waals surface area contributed by atoms with Crippen molar-refractivity contribution < 1.29 is 9.53 Å². The molecular formula is C23H19ClN6O2. The first-order chi connectivity index (χ1) is 15.6. The third-order valence-electron chi connectivity index (χ3n) is 5.33. The van der Waals surface area contributed by atoms with Crippen LogP contribution in [-0.4, -0.2) is 30.9 Å². The number of carbonyl (C=O) groups is 1. The van der Waals surface area contributed by atoms with Crippen molar-refractivity contribution in [3.05, 3.63) is 88.5 Å². The second-order valence-electron chi connectivity index (χ2n) is 7.43. The summed E-state index contributed by atoms with van der Waals surface area (Å²) >= 11 is 5.87. The predicted octanol–water partition coefficient (Wildman–Crippen LogP) is 4.07. The van der Waals surface area contributed by atoms with Crippen LogP contribution in [0, 0.1) is 6.92 Å². The van der Waals surface area contributed by atoms with Crippen molar-refractivity contribution in [2.24, 2.45) is 0 Å². The van der Waals surface area contributed by atoms with Gasteiger partial charge >= 0.3 is 0 Å². The molecule has 8 nitrogen and oxygen atoms in total. The average Bonchev–Trinajstić information content (AvgIpc) is 3.14. The van der Waals surface area contributed by atoms with E-state index in [9.17, 15) is 4.79 Å². The number of hydrogen-bond donors (Lipinski definition) is 1.